The zero-order valence-electron chi connectivity index (χ0n) is 11.5. The molecular weight excluding hydrogens is 210 g/mol. The molecule has 17 heavy (non-hydrogen) atoms. The molecule has 2 rings (SSSR count). The molecule has 96 valence electrons. The van der Waals surface area contributed by atoms with E-state index >= 15 is 0 Å². The predicted octanol–water partition coefficient (Wildman–Crippen LogP) is 2.47. The lowest BCUT2D eigenvalue weighted by molar-refractivity contribution is 0.279. The predicted molar refractivity (Wildman–Crippen MR) is 71.1 cm³/mol. The summed E-state index contributed by atoms with van der Waals surface area (Å²) in [5.41, 5.74) is 2.69. The summed E-state index contributed by atoms with van der Waals surface area (Å²) in [5, 5.41) is 8.04. The molecule has 0 saturated carbocycles. The molecule has 2 heterocycles. The van der Waals surface area contributed by atoms with Crippen molar-refractivity contribution >= 4 is 0 Å². The molecule has 3 nitrogen and oxygen atoms in total. The maximum atomic E-state index is 4.50. The molecule has 1 saturated heterocycles. The molecule has 1 N–H and O–H groups in total. The molecule has 0 bridgehead atoms. The van der Waals surface area contributed by atoms with Gasteiger partial charge in [-0.15, -0.1) is 0 Å². The number of piperidine rings is 1. The van der Waals surface area contributed by atoms with E-state index in [1.807, 2.05) is 11.7 Å². The maximum absolute atomic E-state index is 4.50. The molecule has 1 aromatic heterocycles. The third-order valence-corrected chi connectivity index (χ3v) is 3.83. The summed E-state index contributed by atoms with van der Waals surface area (Å²) in [6.07, 6.45) is 4.79. The monoisotopic (exact) mass is 235 g/mol. The highest BCUT2D eigenvalue weighted by atomic mass is 15.2. The van der Waals surface area contributed by atoms with Gasteiger partial charge in [0.25, 0.3) is 0 Å². The Morgan fingerprint density at radius 1 is 1.53 bits per heavy atom. The van der Waals surface area contributed by atoms with Gasteiger partial charge in [-0.3, -0.25) is 4.68 Å². The van der Waals surface area contributed by atoms with Gasteiger partial charge in [0.05, 0.1) is 5.69 Å². The van der Waals surface area contributed by atoms with Crippen LogP contribution in [0.5, 0.6) is 0 Å². The van der Waals surface area contributed by atoms with E-state index in [1.54, 1.807) is 0 Å². The van der Waals surface area contributed by atoms with E-state index in [-0.39, 0.29) is 0 Å². The van der Waals surface area contributed by atoms with E-state index in [1.165, 1.54) is 24.1 Å². The fourth-order valence-corrected chi connectivity index (χ4v) is 3.17. The molecule has 1 aliphatic heterocycles. The van der Waals surface area contributed by atoms with Gasteiger partial charge in [-0.05, 0) is 56.2 Å². The van der Waals surface area contributed by atoms with Crippen LogP contribution in [0.2, 0.25) is 0 Å². The first kappa shape index (κ1) is 12.6. The lowest BCUT2D eigenvalue weighted by atomic mass is 9.77. The Labute approximate surface area is 105 Å². The minimum Gasteiger partial charge on any atom is -0.316 e. The van der Waals surface area contributed by atoms with Gasteiger partial charge >= 0.3 is 0 Å². The minimum absolute atomic E-state index is 0.701. The van der Waals surface area contributed by atoms with Crippen molar-refractivity contribution in [3.05, 3.63) is 17.5 Å². The zero-order valence-corrected chi connectivity index (χ0v) is 11.5. The van der Waals surface area contributed by atoms with Crippen molar-refractivity contribution in [3.63, 3.8) is 0 Å². The fourth-order valence-electron chi connectivity index (χ4n) is 3.17. The number of nitrogens with zero attached hydrogens (tertiary/aromatic N) is 2. The number of rotatable bonds is 3. The highest BCUT2D eigenvalue weighted by Crippen LogP contribution is 2.35. The second-order valence-electron chi connectivity index (χ2n) is 5.83. The van der Waals surface area contributed by atoms with E-state index in [0.29, 0.717) is 5.92 Å². The Kier molecular flexibility index (Phi) is 3.87. The first-order chi connectivity index (χ1) is 8.08. The molecule has 2 unspecified atom stereocenters. The Morgan fingerprint density at radius 2 is 2.29 bits per heavy atom. The van der Waals surface area contributed by atoms with E-state index in [4.69, 9.17) is 0 Å². The Hall–Kier alpha value is -0.830. The minimum atomic E-state index is 0.701. The van der Waals surface area contributed by atoms with E-state index in [9.17, 15) is 0 Å². The van der Waals surface area contributed by atoms with Crippen molar-refractivity contribution in [2.45, 2.75) is 39.5 Å². The molecule has 3 heteroatoms. The highest BCUT2D eigenvalue weighted by Gasteiger charge is 2.28. The van der Waals surface area contributed by atoms with Crippen molar-refractivity contribution in [1.82, 2.24) is 15.1 Å². The van der Waals surface area contributed by atoms with Crippen LogP contribution in [0.25, 0.3) is 0 Å². The van der Waals surface area contributed by atoms with Gasteiger partial charge in [0.15, 0.2) is 0 Å². The van der Waals surface area contributed by atoms with Crippen LogP contribution in [0, 0.1) is 18.8 Å². The third-order valence-electron chi connectivity index (χ3n) is 3.83. The lowest BCUT2D eigenvalue weighted by Gasteiger charge is -2.33. The summed E-state index contributed by atoms with van der Waals surface area (Å²) in [4.78, 5) is 0. The summed E-state index contributed by atoms with van der Waals surface area (Å²) in [6, 6.07) is 0. The van der Waals surface area contributed by atoms with Gasteiger partial charge in [-0.25, -0.2) is 0 Å². The van der Waals surface area contributed by atoms with Crippen molar-refractivity contribution in [1.29, 1.82) is 0 Å². The number of aryl methyl sites for hydroxylation is 2. The maximum Gasteiger partial charge on any atom is 0.0628 e. The van der Waals surface area contributed by atoms with Gasteiger partial charge in [-0.2, -0.15) is 5.10 Å². The molecule has 1 fully saturated rings. The zero-order chi connectivity index (χ0) is 12.4. The van der Waals surface area contributed by atoms with E-state index < -0.39 is 0 Å². The lowest BCUT2D eigenvalue weighted by Crippen LogP contribution is -2.36. The van der Waals surface area contributed by atoms with Crippen molar-refractivity contribution in [2.75, 3.05) is 13.1 Å². The molecule has 0 radical (unpaired) electrons. The fraction of sp³-hybridized carbons (Fsp3) is 0.786. The molecule has 1 aromatic rings. The van der Waals surface area contributed by atoms with Crippen molar-refractivity contribution in [3.8, 4) is 0 Å². The average Bonchev–Trinajstić information content (AvgIpc) is 2.58. The van der Waals surface area contributed by atoms with Gasteiger partial charge in [-0.1, -0.05) is 13.8 Å². The first-order valence-electron chi connectivity index (χ1n) is 6.78. The van der Waals surface area contributed by atoms with Crippen LogP contribution in [0.4, 0.5) is 0 Å². The molecule has 0 amide bonds. The Balaban J connectivity index is 2.18. The molecule has 1 aliphatic rings. The van der Waals surface area contributed by atoms with Gasteiger partial charge in [0.1, 0.15) is 0 Å². The van der Waals surface area contributed by atoms with E-state index in [0.717, 1.165) is 24.9 Å². The first-order valence-corrected chi connectivity index (χ1v) is 6.78. The Morgan fingerprint density at radius 3 is 2.88 bits per heavy atom. The molecule has 0 aromatic carbocycles. The molecule has 0 spiro atoms. The number of nitrogens with one attached hydrogen (secondary N) is 1. The van der Waals surface area contributed by atoms with E-state index in [2.05, 4.69) is 37.4 Å². The van der Waals surface area contributed by atoms with Gasteiger partial charge < -0.3 is 5.32 Å². The summed E-state index contributed by atoms with van der Waals surface area (Å²) in [5.74, 6) is 2.25. The smallest absolute Gasteiger partial charge is 0.0628 e. The van der Waals surface area contributed by atoms with Crippen LogP contribution in [-0.2, 0) is 7.05 Å². The summed E-state index contributed by atoms with van der Waals surface area (Å²) in [6.45, 7) is 9.10. The third kappa shape index (κ3) is 2.89. The summed E-state index contributed by atoms with van der Waals surface area (Å²) < 4.78 is 1.96. The van der Waals surface area contributed by atoms with Gasteiger partial charge in [0.2, 0.25) is 0 Å². The SMILES string of the molecule is Cc1nn(C)cc1C1CCNCC1CC(C)C. The molecular formula is C14H25N3. The molecule has 2 atom stereocenters. The normalized spacial score (nSPS) is 25.5. The number of hydrogen-bond donors (Lipinski definition) is 1. The van der Waals surface area contributed by atoms with Crippen LogP contribution in [0.1, 0.15) is 43.9 Å². The second-order valence-corrected chi connectivity index (χ2v) is 5.83. The quantitative estimate of drug-likeness (QED) is 0.872. The standard InChI is InChI=1S/C14H25N3/c1-10(2)7-12-8-15-6-5-13(12)14-9-17(4)16-11(14)3/h9-10,12-13,15H,5-8H2,1-4H3. The second kappa shape index (κ2) is 5.21. The van der Waals surface area contributed by atoms with Gasteiger partial charge in [0, 0.05) is 13.2 Å². The van der Waals surface area contributed by atoms with Crippen LogP contribution >= 0.6 is 0 Å². The summed E-state index contributed by atoms with van der Waals surface area (Å²) >= 11 is 0. The van der Waals surface area contributed by atoms with Crippen LogP contribution in [0.15, 0.2) is 6.20 Å². The van der Waals surface area contributed by atoms with Crippen molar-refractivity contribution in [2.24, 2.45) is 18.9 Å². The van der Waals surface area contributed by atoms with Crippen molar-refractivity contribution < 1.29 is 0 Å². The largest absolute Gasteiger partial charge is 0.316 e. The topological polar surface area (TPSA) is 29.9 Å². The van der Waals surface area contributed by atoms with Crippen LogP contribution in [-0.4, -0.2) is 22.9 Å². The van der Waals surface area contributed by atoms with Crippen LogP contribution in [0.3, 0.4) is 0 Å². The Bertz CT molecular complexity index is 368. The molecule has 0 aliphatic carbocycles. The highest BCUT2D eigenvalue weighted by molar-refractivity contribution is 5.22. The number of aromatic nitrogens is 2. The number of hydrogen-bond acceptors (Lipinski definition) is 2. The average molecular weight is 235 g/mol. The van der Waals surface area contributed by atoms with Crippen LogP contribution < -0.4 is 5.32 Å². The summed E-state index contributed by atoms with van der Waals surface area (Å²) in [7, 11) is 2.02.